The first kappa shape index (κ1) is 13.9. The van der Waals surface area contributed by atoms with Gasteiger partial charge < -0.3 is 11.1 Å². The fraction of sp³-hybridized carbons (Fsp3) is 0. The summed E-state index contributed by atoms with van der Waals surface area (Å²) in [5.74, 6) is 0.0571. The van der Waals surface area contributed by atoms with E-state index in [2.05, 4.69) is 15.3 Å². The fourth-order valence-corrected chi connectivity index (χ4v) is 2.52. The molecule has 0 saturated carbocycles. The number of para-hydroxylation sites is 1. The molecule has 106 valence electrons. The highest BCUT2D eigenvalue weighted by Crippen LogP contribution is 2.35. The molecule has 7 heteroatoms. The van der Waals surface area contributed by atoms with Gasteiger partial charge in [-0.1, -0.05) is 35.3 Å². The molecule has 2 aromatic carbocycles. The van der Waals surface area contributed by atoms with Crippen molar-refractivity contribution in [3.63, 3.8) is 0 Å². The van der Waals surface area contributed by atoms with E-state index in [1.165, 1.54) is 12.1 Å². The van der Waals surface area contributed by atoms with Gasteiger partial charge in [0.1, 0.15) is 11.6 Å². The number of aromatic nitrogens is 2. The maximum atomic E-state index is 13.2. The van der Waals surface area contributed by atoms with E-state index in [9.17, 15) is 4.39 Å². The van der Waals surface area contributed by atoms with E-state index in [-0.39, 0.29) is 16.0 Å². The molecule has 0 spiro atoms. The minimum absolute atomic E-state index is 0.116. The van der Waals surface area contributed by atoms with Crippen LogP contribution in [-0.4, -0.2) is 9.97 Å². The molecule has 0 aliphatic heterocycles. The average Bonchev–Trinajstić information content (AvgIpc) is 2.42. The van der Waals surface area contributed by atoms with E-state index >= 15 is 0 Å². The van der Waals surface area contributed by atoms with Gasteiger partial charge in [0.05, 0.1) is 21.2 Å². The maximum Gasteiger partial charge on any atom is 0.222 e. The Hall–Kier alpha value is -2.11. The summed E-state index contributed by atoms with van der Waals surface area (Å²) < 4.78 is 13.2. The second kappa shape index (κ2) is 5.35. The number of nitrogens with one attached hydrogen (secondary N) is 1. The third kappa shape index (κ3) is 2.70. The van der Waals surface area contributed by atoms with E-state index in [1.54, 1.807) is 0 Å². The van der Waals surface area contributed by atoms with Crippen LogP contribution in [0.5, 0.6) is 0 Å². The Morgan fingerprint density at radius 1 is 1.05 bits per heavy atom. The van der Waals surface area contributed by atoms with Crippen molar-refractivity contribution < 1.29 is 4.39 Å². The molecule has 4 nitrogen and oxygen atoms in total. The van der Waals surface area contributed by atoms with Crippen LogP contribution < -0.4 is 11.1 Å². The minimum Gasteiger partial charge on any atom is -0.368 e. The van der Waals surface area contributed by atoms with Crippen molar-refractivity contribution in [2.75, 3.05) is 11.1 Å². The summed E-state index contributed by atoms with van der Waals surface area (Å²) in [6, 6.07) is 9.68. The van der Waals surface area contributed by atoms with Gasteiger partial charge in [-0.3, -0.25) is 0 Å². The van der Waals surface area contributed by atoms with Gasteiger partial charge in [0, 0.05) is 5.39 Å². The largest absolute Gasteiger partial charge is 0.368 e. The minimum atomic E-state index is -0.511. The molecular weight excluding hydrogens is 314 g/mol. The summed E-state index contributed by atoms with van der Waals surface area (Å²) in [5.41, 5.74) is 6.74. The van der Waals surface area contributed by atoms with Crippen LogP contribution in [-0.2, 0) is 0 Å². The van der Waals surface area contributed by atoms with Crippen molar-refractivity contribution in [1.82, 2.24) is 9.97 Å². The molecule has 0 bridgehead atoms. The third-order valence-corrected chi connectivity index (χ3v) is 3.47. The first-order valence-corrected chi connectivity index (χ1v) is 6.74. The molecule has 3 rings (SSSR count). The van der Waals surface area contributed by atoms with Crippen molar-refractivity contribution in [2.45, 2.75) is 0 Å². The van der Waals surface area contributed by atoms with Gasteiger partial charge in [-0.15, -0.1) is 0 Å². The molecule has 21 heavy (non-hydrogen) atoms. The topological polar surface area (TPSA) is 63.8 Å². The number of nitrogen functional groups attached to an aromatic ring is 1. The van der Waals surface area contributed by atoms with Gasteiger partial charge in [-0.2, -0.15) is 4.98 Å². The molecule has 1 heterocycles. The van der Waals surface area contributed by atoms with Crippen molar-refractivity contribution in [3.05, 3.63) is 52.3 Å². The van der Waals surface area contributed by atoms with Crippen LogP contribution in [0, 0.1) is 5.82 Å². The second-order valence-electron chi connectivity index (χ2n) is 4.32. The van der Waals surface area contributed by atoms with Gasteiger partial charge in [0.25, 0.3) is 0 Å². The summed E-state index contributed by atoms with van der Waals surface area (Å²) in [4.78, 5) is 8.28. The molecule has 0 radical (unpaired) electrons. The molecule has 0 unspecified atom stereocenters. The number of fused-ring (bicyclic) bond motifs is 1. The zero-order valence-electron chi connectivity index (χ0n) is 10.6. The first-order valence-electron chi connectivity index (χ1n) is 5.98. The number of halogens is 3. The molecule has 3 N–H and O–H groups in total. The van der Waals surface area contributed by atoms with Crippen molar-refractivity contribution in [2.24, 2.45) is 0 Å². The normalized spacial score (nSPS) is 10.8. The van der Waals surface area contributed by atoms with Crippen LogP contribution in [0.15, 0.2) is 36.4 Å². The molecule has 0 amide bonds. The number of hydrogen-bond acceptors (Lipinski definition) is 4. The zero-order chi connectivity index (χ0) is 15.0. The van der Waals surface area contributed by atoms with Crippen molar-refractivity contribution in [3.8, 4) is 0 Å². The maximum absolute atomic E-state index is 13.2. The molecule has 1 aromatic heterocycles. The highest BCUT2D eigenvalue weighted by atomic mass is 35.5. The Bertz CT molecular complexity index is 815. The van der Waals surface area contributed by atoms with Crippen LogP contribution >= 0.6 is 23.2 Å². The quantitative estimate of drug-likeness (QED) is 0.733. The van der Waals surface area contributed by atoms with Gasteiger partial charge >= 0.3 is 0 Å². The SMILES string of the molecule is Nc1nc(Nc2c(Cl)cc(F)cc2Cl)c2ccccc2n1. The van der Waals surface area contributed by atoms with Crippen LogP contribution in [0.2, 0.25) is 10.0 Å². The predicted molar refractivity (Wildman–Crippen MR) is 83.7 cm³/mol. The van der Waals surface area contributed by atoms with Crippen LogP contribution in [0.25, 0.3) is 10.9 Å². The number of anilines is 3. The zero-order valence-corrected chi connectivity index (χ0v) is 12.1. The summed E-state index contributed by atoms with van der Waals surface area (Å²) in [6.07, 6.45) is 0. The number of nitrogens with zero attached hydrogens (tertiary/aromatic N) is 2. The van der Waals surface area contributed by atoms with Gasteiger partial charge in [-0.05, 0) is 24.3 Å². The standard InChI is InChI=1S/C14H9Cl2FN4/c15-9-5-7(17)6-10(16)12(9)20-13-8-3-1-2-4-11(8)19-14(18)21-13/h1-6H,(H3,18,19,20,21). The Balaban J connectivity index is 2.15. The summed E-state index contributed by atoms with van der Waals surface area (Å²) >= 11 is 12.0. The smallest absolute Gasteiger partial charge is 0.222 e. The first-order chi connectivity index (χ1) is 10.0. The van der Waals surface area contributed by atoms with Crippen LogP contribution in [0.1, 0.15) is 0 Å². The Morgan fingerprint density at radius 3 is 2.43 bits per heavy atom. The van der Waals surface area contributed by atoms with Crippen molar-refractivity contribution >= 4 is 51.6 Å². The number of benzene rings is 2. The van der Waals surface area contributed by atoms with Crippen LogP contribution in [0.3, 0.4) is 0 Å². The lowest BCUT2D eigenvalue weighted by molar-refractivity contribution is 0.628. The monoisotopic (exact) mass is 322 g/mol. The van der Waals surface area contributed by atoms with Gasteiger partial charge in [-0.25, -0.2) is 9.37 Å². The lowest BCUT2D eigenvalue weighted by Gasteiger charge is -2.12. The van der Waals surface area contributed by atoms with E-state index in [0.717, 1.165) is 5.39 Å². The number of nitrogens with two attached hydrogens (primary N) is 1. The third-order valence-electron chi connectivity index (χ3n) is 2.87. The Labute approximate surface area is 129 Å². The lowest BCUT2D eigenvalue weighted by Crippen LogP contribution is -2.02. The Kier molecular flexibility index (Phi) is 3.53. The predicted octanol–water partition coefficient (Wildman–Crippen LogP) is 4.40. The molecular formula is C14H9Cl2FN4. The number of hydrogen-bond donors (Lipinski definition) is 2. The van der Waals surface area contributed by atoms with E-state index < -0.39 is 5.82 Å². The summed E-state index contributed by atoms with van der Waals surface area (Å²) in [7, 11) is 0. The van der Waals surface area contributed by atoms with Crippen LogP contribution in [0.4, 0.5) is 21.8 Å². The molecule has 0 saturated heterocycles. The van der Waals surface area contributed by atoms with Gasteiger partial charge in [0.2, 0.25) is 5.95 Å². The molecule has 0 aliphatic carbocycles. The van der Waals surface area contributed by atoms with E-state index in [1.807, 2.05) is 24.3 Å². The van der Waals surface area contributed by atoms with E-state index in [0.29, 0.717) is 17.0 Å². The van der Waals surface area contributed by atoms with Crippen molar-refractivity contribution in [1.29, 1.82) is 0 Å². The number of rotatable bonds is 2. The molecule has 0 fully saturated rings. The molecule has 3 aromatic rings. The highest BCUT2D eigenvalue weighted by molar-refractivity contribution is 6.39. The molecule has 0 aliphatic rings. The lowest BCUT2D eigenvalue weighted by atomic mass is 10.2. The molecule has 0 atom stereocenters. The fourth-order valence-electron chi connectivity index (χ4n) is 1.97. The Morgan fingerprint density at radius 2 is 1.71 bits per heavy atom. The average molecular weight is 323 g/mol. The van der Waals surface area contributed by atoms with Gasteiger partial charge in [0.15, 0.2) is 0 Å². The summed E-state index contributed by atoms with van der Waals surface area (Å²) in [5, 5.41) is 4.05. The highest BCUT2D eigenvalue weighted by Gasteiger charge is 2.12. The second-order valence-corrected chi connectivity index (χ2v) is 5.13. The van der Waals surface area contributed by atoms with E-state index in [4.69, 9.17) is 28.9 Å². The summed E-state index contributed by atoms with van der Waals surface area (Å²) in [6.45, 7) is 0.